The number of carbonyl (C=O) groups is 1. The average molecular weight is 337 g/mol. The van der Waals surface area contributed by atoms with E-state index in [1.54, 1.807) is 11.0 Å². The molecule has 0 N–H and O–H groups in total. The van der Waals surface area contributed by atoms with Gasteiger partial charge in [0, 0.05) is 18.0 Å². The lowest BCUT2D eigenvalue weighted by Gasteiger charge is -2.34. The van der Waals surface area contributed by atoms with Crippen molar-refractivity contribution in [1.82, 2.24) is 4.90 Å². The van der Waals surface area contributed by atoms with Crippen LogP contribution in [0.15, 0.2) is 22.7 Å². The molecular formula is C12H12BrClFNO2. The van der Waals surface area contributed by atoms with E-state index in [0.717, 1.165) is 0 Å². The lowest BCUT2D eigenvalue weighted by molar-refractivity contribution is 0.00454. The number of halogens is 3. The standard InChI is InChI=1S/C12H12BrClFNO2/c13-10-2-1-8(5-11(10)15)12(17)16-3-4-18-7-9(16)6-14/h1-2,5,9H,3-4,6-7H2. The number of hydrogen-bond acceptors (Lipinski definition) is 2. The van der Waals surface area contributed by atoms with Crippen LogP contribution in [0.25, 0.3) is 0 Å². The van der Waals surface area contributed by atoms with E-state index >= 15 is 0 Å². The maximum atomic E-state index is 13.4. The first-order valence-corrected chi connectivity index (χ1v) is 6.86. The maximum Gasteiger partial charge on any atom is 0.254 e. The Hall–Kier alpha value is -0.650. The second kappa shape index (κ2) is 5.99. The van der Waals surface area contributed by atoms with Gasteiger partial charge in [0.05, 0.1) is 23.7 Å². The number of rotatable bonds is 2. The largest absolute Gasteiger partial charge is 0.377 e. The second-order valence-corrected chi connectivity index (χ2v) is 5.17. The van der Waals surface area contributed by atoms with E-state index in [1.165, 1.54) is 12.1 Å². The highest BCUT2D eigenvalue weighted by Crippen LogP contribution is 2.19. The number of hydrogen-bond donors (Lipinski definition) is 0. The van der Waals surface area contributed by atoms with Crippen LogP contribution in [0.1, 0.15) is 10.4 Å². The predicted molar refractivity (Wildman–Crippen MR) is 70.5 cm³/mol. The SMILES string of the molecule is O=C(c1ccc(Br)c(F)c1)N1CCOCC1CCl. The zero-order chi connectivity index (χ0) is 13.1. The van der Waals surface area contributed by atoms with E-state index in [0.29, 0.717) is 35.7 Å². The van der Waals surface area contributed by atoms with Crippen LogP contribution in [-0.2, 0) is 4.74 Å². The molecule has 6 heteroatoms. The van der Waals surface area contributed by atoms with Gasteiger partial charge in [-0.1, -0.05) is 0 Å². The topological polar surface area (TPSA) is 29.5 Å². The molecule has 0 spiro atoms. The van der Waals surface area contributed by atoms with Crippen LogP contribution in [0.5, 0.6) is 0 Å². The lowest BCUT2D eigenvalue weighted by atomic mass is 10.1. The molecule has 0 bridgehead atoms. The van der Waals surface area contributed by atoms with Gasteiger partial charge < -0.3 is 9.64 Å². The second-order valence-electron chi connectivity index (χ2n) is 4.01. The Bertz CT molecular complexity index is 458. The minimum absolute atomic E-state index is 0.153. The highest BCUT2D eigenvalue weighted by Gasteiger charge is 2.27. The highest BCUT2D eigenvalue weighted by atomic mass is 79.9. The highest BCUT2D eigenvalue weighted by molar-refractivity contribution is 9.10. The molecule has 1 amide bonds. The summed E-state index contributed by atoms with van der Waals surface area (Å²) in [4.78, 5) is 13.9. The molecule has 1 aliphatic rings. The van der Waals surface area contributed by atoms with Crippen molar-refractivity contribution in [2.45, 2.75) is 6.04 Å². The Balaban J connectivity index is 2.21. The zero-order valence-corrected chi connectivity index (χ0v) is 11.9. The third-order valence-corrected chi connectivity index (χ3v) is 3.83. The van der Waals surface area contributed by atoms with E-state index < -0.39 is 5.82 Å². The van der Waals surface area contributed by atoms with Gasteiger partial charge in [-0.05, 0) is 34.1 Å². The van der Waals surface area contributed by atoms with Crippen molar-refractivity contribution < 1.29 is 13.9 Å². The first-order valence-electron chi connectivity index (χ1n) is 5.53. The Morgan fingerprint density at radius 2 is 2.39 bits per heavy atom. The van der Waals surface area contributed by atoms with Crippen LogP contribution >= 0.6 is 27.5 Å². The molecule has 1 aromatic carbocycles. The van der Waals surface area contributed by atoms with Gasteiger partial charge >= 0.3 is 0 Å². The summed E-state index contributed by atoms with van der Waals surface area (Å²) in [5.74, 6) is -0.350. The van der Waals surface area contributed by atoms with Gasteiger partial charge in [-0.25, -0.2) is 4.39 Å². The Morgan fingerprint density at radius 1 is 1.61 bits per heavy atom. The fourth-order valence-electron chi connectivity index (χ4n) is 1.85. The molecule has 1 heterocycles. The molecule has 98 valence electrons. The van der Waals surface area contributed by atoms with Crippen LogP contribution in [0.4, 0.5) is 4.39 Å². The number of ether oxygens (including phenoxy) is 1. The number of carbonyl (C=O) groups excluding carboxylic acids is 1. The molecule has 0 aromatic heterocycles. The summed E-state index contributed by atoms with van der Waals surface area (Å²) < 4.78 is 19.0. The Kier molecular flexibility index (Phi) is 4.59. The first-order chi connectivity index (χ1) is 8.63. The maximum absolute atomic E-state index is 13.4. The summed E-state index contributed by atoms with van der Waals surface area (Å²) in [6, 6.07) is 4.20. The normalized spacial score (nSPS) is 19.9. The Labute approximate surface area is 118 Å². The summed E-state index contributed by atoms with van der Waals surface area (Å²) in [6.45, 7) is 1.39. The summed E-state index contributed by atoms with van der Waals surface area (Å²) in [7, 11) is 0. The molecule has 18 heavy (non-hydrogen) atoms. The van der Waals surface area contributed by atoms with Gasteiger partial charge in [0.2, 0.25) is 0 Å². The van der Waals surface area contributed by atoms with Gasteiger partial charge in [0.1, 0.15) is 5.82 Å². The Morgan fingerprint density at radius 3 is 3.06 bits per heavy atom. The van der Waals surface area contributed by atoms with Crippen LogP contribution < -0.4 is 0 Å². The van der Waals surface area contributed by atoms with Crippen LogP contribution in [0.3, 0.4) is 0 Å². The molecule has 2 rings (SSSR count). The molecule has 1 unspecified atom stereocenters. The van der Waals surface area contributed by atoms with Gasteiger partial charge in [0.15, 0.2) is 0 Å². The molecule has 0 aliphatic carbocycles. The van der Waals surface area contributed by atoms with Gasteiger partial charge in [-0.3, -0.25) is 4.79 Å². The monoisotopic (exact) mass is 335 g/mol. The van der Waals surface area contributed by atoms with Crippen LogP contribution in [0.2, 0.25) is 0 Å². The summed E-state index contributed by atoms with van der Waals surface area (Å²) in [5.41, 5.74) is 0.327. The van der Waals surface area contributed by atoms with Crippen molar-refractivity contribution in [3.63, 3.8) is 0 Å². The molecule has 1 fully saturated rings. The van der Waals surface area contributed by atoms with Gasteiger partial charge in [-0.15, -0.1) is 11.6 Å². The van der Waals surface area contributed by atoms with E-state index in [9.17, 15) is 9.18 Å². The summed E-state index contributed by atoms with van der Waals surface area (Å²) >= 11 is 8.87. The molecule has 1 aliphatic heterocycles. The lowest BCUT2D eigenvalue weighted by Crippen LogP contribution is -2.49. The molecule has 1 aromatic rings. The predicted octanol–water partition coefficient (Wildman–Crippen LogP) is 2.67. The smallest absolute Gasteiger partial charge is 0.254 e. The fourth-order valence-corrected chi connectivity index (χ4v) is 2.35. The quantitative estimate of drug-likeness (QED) is 0.777. The van der Waals surface area contributed by atoms with E-state index in [-0.39, 0.29) is 11.9 Å². The number of morpholine rings is 1. The van der Waals surface area contributed by atoms with E-state index in [4.69, 9.17) is 16.3 Å². The minimum atomic E-state index is -0.448. The number of benzene rings is 1. The van der Waals surface area contributed by atoms with Gasteiger partial charge in [-0.2, -0.15) is 0 Å². The molecular weight excluding hydrogens is 324 g/mol. The minimum Gasteiger partial charge on any atom is -0.377 e. The number of amides is 1. The summed E-state index contributed by atoms with van der Waals surface area (Å²) in [5, 5.41) is 0. The van der Waals surface area contributed by atoms with Crippen LogP contribution in [0, 0.1) is 5.82 Å². The van der Waals surface area contributed by atoms with Crippen LogP contribution in [-0.4, -0.2) is 42.5 Å². The van der Waals surface area contributed by atoms with Crippen molar-refractivity contribution in [3.05, 3.63) is 34.1 Å². The van der Waals surface area contributed by atoms with Gasteiger partial charge in [0.25, 0.3) is 5.91 Å². The van der Waals surface area contributed by atoms with Crippen molar-refractivity contribution in [2.24, 2.45) is 0 Å². The fraction of sp³-hybridized carbons (Fsp3) is 0.417. The third kappa shape index (κ3) is 2.84. The number of alkyl halides is 1. The average Bonchev–Trinajstić information content (AvgIpc) is 2.41. The molecule has 1 atom stereocenters. The molecule has 3 nitrogen and oxygen atoms in total. The number of nitrogens with zero attached hydrogens (tertiary/aromatic N) is 1. The third-order valence-electron chi connectivity index (χ3n) is 2.83. The molecule has 0 saturated carbocycles. The van der Waals surface area contributed by atoms with E-state index in [2.05, 4.69) is 15.9 Å². The first kappa shape index (κ1) is 13.8. The molecule has 0 radical (unpaired) electrons. The van der Waals surface area contributed by atoms with E-state index in [1.807, 2.05) is 0 Å². The van der Waals surface area contributed by atoms with Crippen molar-refractivity contribution in [3.8, 4) is 0 Å². The van der Waals surface area contributed by atoms with Crippen molar-refractivity contribution in [1.29, 1.82) is 0 Å². The zero-order valence-electron chi connectivity index (χ0n) is 9.54. The van der Waals surface area contributed by atoms with Crippen molar-refractivity contribution in [2.75, 3.05) is 25.6 Å². The molecule has 1 saturated heterocycles. The van der Waals surface area contributed by atoms with Crippen molar-refractivity contribution >= 4 is 33.4 Å². The summed E-state index contributed by atoms with van der Waals surface area (Å²) in [6.07, 6.45) is 0.